The van der Waals surface area contributed by atoms with E-state index in [0.717, 1.165) is 17.7 Å². The summed E-state index contributed by atoms with van der Waals surface area (Å²) in [5.41, 5.74) is 2.19. The Morgan fingerprint density at radius 3 is 2.78 bits per heavy atom. The largest absolute Gasteiger partial charge is 0.477 e. The maximum atomic E-state index is 9.68. The first kappa shape index (κ1) is 19.2. The molecule has 6 nitrogen and oxygen atoms in total. The SMILES string of the molecule is CN=C(NCc1ccnc(OCC2CC2)c1)NCC(CO)c1ccccc1. The first-order valence-corrected chi connectivity index (χ1v) is 9.46. The number of aromatic nitrogens is 1. The van der Waals surface area contributed by atoms with Gasteiger partial charge in [0.2, 0.25) is 5.88 Å². The predicted molar refractivity (Wildman–Crippen MR) is 107 cm³/mol. The molecule has 1 aliphatic carbocycles. The van der Waals surface area contributed by atoms with Crippen molar-refractivity contribution in [2.24, 2.45) is 10.9 Å². The number of nitrogens with zero attached hydrogens (tertiary/aromatic N) is 2. The molecule has 27 heavy (non-hydrogen) atoms. The summed E-state index contributed by atoms with van der Waals surface area (Å²) in [6, 6.07) is 13.9. The number of hydrogen-bond donors (Lipinski definition) is 3. The Morgan fingerprint density at radius 1 is 1.26 bits per heavy atom. The monoisotopic (exact) mass is 368 g/mol. The molecule has 1 atom stereocenters. The normalized spacial score (nSPS) is 15.3. The molecule has 0 radical (unpaired) electrons. The van der Waals surface area contributed by atoms with Gasteiger partial charge in [0, 0.05) is 38.3 Å². The number of benzene rings is 1. The van der Waals surface area contributed by atoms with E-state index in [2.05, 4.69) is 20.6 Å². The third-order valence-corrected chi connectivity index (χ3v) is 4.65. The molecule has 6 heteroatoms. The van der Waals surface area contributed by atoms with Crippen molar-refractivity contribution in [1.82, 2.24) is 15.6 Å². The topological polar surface area (TPSA) is 78.8 Å². The molecule has 1 saturated carbocycles. The number of rotatable bonds is 9. The van der Waals surface area contributed by atoms with Crippen LogP contribution in [0.1, 0.15) is 29.9 Å². The second kappa shape index (κ2) is 9.92. The Hall–Kier alpha value is -2.60. The van der Waals surface area contributed by atoms with E-state index in [9.17, 15) is 5.11 Å². The summed E-state index contributed by atoms with van der Waals surface area (Å²) in [5.74, 6) is 2.10. The van der Waals surface area contributed by atoms with Crippen LogP contribution in [0.5, 0.6) is 5.88 Å². The van der Waals surface area contributed by atoms with Crippen molar-refractivity contribution in [3.8, 4) is 5.88 Å². The van der Waals surface area contributed by atoms with Crippen molar-refractivity contribution >= 4 is 5.96 Å². The number of aliphatic imine (C=N–C) groups is 1. The molecule has 1 heterocycles. The fraction of sp³-hybridized carbons (Fsp3) is 0.429. The molecule has 0 amide bonds. The quantitative estimate of drug-likeness (QED) is 0.468. The number of pyridine rings is 1. The first-order chi connectivity index (χ1) is 13.3. The third-order valence-electron chi connectivity index (χ3n) is 4.65. The summed E-state index contributed by atoms with van der Waals surface area (Å²) in [6.45, 7) is 2.07. The van der Waals surface area contributed by atoms with Gasteiger partial charge in [0.25, 0.3) is 0 Å². The van der Waals surface area contributed by atoms with Gasteiger partial charge in [0.1, 0.15) is 0 Å². The molecular formula is C21H28N4O2. The number of hydrogen-bond acceptors (Lipinski definition) is 4. The van der Waals surface area contributed by atoms with E-state index in [1.54, 1.807) is 13.2 Å². The zero-order chi connectivity index (χ0) is 18.9. The molecule has 1 aromatic heterocycles. The van der Waals surface area contributed by atoms with E-state index in [4.69, 9.17) is 4.74 Å². The van der Waals surface area contributed by atoms with Crippen LogP contribution in [0.15, 0.2) is 53.7 Å². The minimum Gasteiger partial charge on any atom is -0.477 e. The molecular weight excluding hydrogens is 340 g/mol. The molecule has 1 fully saturated rings. The highest BCUT2D eigenvalue weighted by Crippen LogP contribution is 2.29. The van der Waals surface area contributed by atoms with Crippen molar-refractivity contribution < 1.29 is 9.84 Å². The van der Waals surface area contributed by atoms with Gasteiger partial charge in [-0.25, -0.2) is 4.98 Å². The lowest BCUT2D eigenvalue weighted by Crippen LogP contribution is -2.39. The Balaban J connectivity index is 1.47. The number of nitrogens with one attached hydrogen (secondary N) is 2. The van der Waals surface area contributed by atoms with Gasteiger partial charge in [-0.15, -0.1) is 0 Å². The number of guanidine groups is 1. The van der Waals surface area contributed by atoms with Crippen LogP contribution in [0.25, 0.3) is 0 Å². The van der Waals surface area contributed by atoms with Crippen molar-refractivity contribution in [3.63, 3.8) is 0 Å². The molecule has 1 aliphatic rings. The molecule has 2 aromatic rings. The van der Waals surface area contributed by atoms with Crippen LogP contribution in [0.2, 0.25) is 0 Å². The van der Waals surface area contributed by atoms with Gasteiger partial charge in [-0.2, -0.15) is 0 Å². The van der Waals surface area contributed by atoms with Crippen LogP contribution < -0.4 is 15.4 Å². The van der Waals surface area contributed by atoms with Gasteiger partial charge in [-0.3, -0.25) is 4.99 Å². The molecule has 3 N–H and O–H groups in total. The molecule has 0 bridgehead atoms. The lowest BCUT2D eigenvalue weighted by molar-refractivity contribution is 0.265. The molecule has 0 spiro atoms. The number of ether oxygens (including phenoxy) is 1. The van der Waals surface area contributed by atoms with Crippen LogP contribution in [-0.4, -0.2) is 42.9 Å². The highest BCUT2D eigenvalue weighted by Gasteiger charge is 2.22. The summed E-state index contributed by atoms with van der Waals surface area (Å²) in [5, 5.41) is 16.3. The fourth-order valence-corrected chi connectivity index (χ4v) is 2.77. The molecule has 3 rings (SSSR count). The number of aliphatic hydroxyl groups is 1. The van der Waals surface area contributed by atoms with Crippen LogP contribution in [-0.2, 0) is 6.54 Å². The summed E-state index contributed by atoms with van der Waals surface area (Å²) in [6.07, 6.45) is 4.30. The van der Waals surface area contributed by atoms with Crippen molar-refractivity contribution in [1.29, 1.82) is 0 Å². The average molecular weight is 368 g/mol. The Bertz CT molecular complexity index is 732. The van der Waals surface area contributed by atoms with Gasteiger partial charge < -0.3 is 20.5 Å². The van der Waals surface area contributed by atoms with Crippen LogP contribution in [0.4, 0.5) is 0 Å². The Labute approximate surface area is 160 Å². The third kappa shape index (κ3) is 6.25. The van der Waals surface area contributed by atoms with Gasteiger partial charge >= 0.3 is 0 Å². The predicted octanol–water partition coefficient (Wildman–Crippen LogP) is 2.31. The van der Waals surface area contributed by atoms with E-state index in [1.165, 1.54) is 12.8 Å². The molecule has 0 aliphatic heterocycles. The van der Waals surface area contributed by atoms with E-state index >= 15 is 0 Å². The van der Waals surface area contributed by atoms with Gasteiger partial charge in [-0.1, -0.05) is 30.3 Å². The second-order valence-corrected chi connectivity index (χ2v) is 6.85. The summed E-state index contributed by atoms with van der Waals surface area (Å²) in [4.78, 5) is 8.53. The van der Waals surface area contributed by atoms with Gasteiger partial charge in [0.05, 0.1) is 13.2 Å². The standard InChI is InChI=1S/C21H28N4O2/c1-22-21(25-13-19(14-26)18-5-3-2-4-6-18)24-12-17-9-10-23-20(11-17)27-15-16-7-8-16/h2-6,9-11,16,19,26H,7-8,12-15H2,1H3,(H2,22,24,25). The zero-order valence-electron chi connectivity index (χ0n) is 15.8. The summed E-state index contributed by atoms with van der Waals surface area (Å²) >= 11 is 0. The van der Waals surface area contributed by atoms with E-state index < -0.39 is 0 Å². The van der Waals surface area contributed by atoms with E-state index in [1.807, 2.05) is 42.5 Å². The van der Waals surface area contributed by atoms with Crippen LogP contribution in [0.3, 0.4) is 0 Å². The van der Waals surface area contributed by atoms with Crippen molar-refractivity contribution in [3.05, 3.63) is 59.8 Å². The molecule has 1 aromatic carbocycles. The Kier molecular flexibility index (Phi) is 7.04. The maximum Gasteiger partial charge on any atom is 0.213 e. The lowest BCUT2D eigenvalue weighted by atomic mass is 10.0. The van der Waals surface area contributed by atoms with Crippen molar-refractivity contribution in [2.45, 2.75) is 25.3 Å². The maximum absolute atomic E-state index is 9.68. The summed E-state index contributed by atoms with van der Waals surface area (Å²) < 4.78 is 5.73. The van der Waals surface area contributed by atoms with Crippen LogP contribution >= 0.6 is 0 Å². The zero-order valence-corrected chi connectivity index (χ0v) is 15.8. The van der Waals surface area contributed by atoms with Gasteiger partial charge in [0.15, 0.2) is 5.96 Å². The molecule has 0 saturated heterocycles. The van der Waals surface area contributed by atoms with E-state index in [0.29, 0.717) is 30.8 Å². The average Bonchev–Trinajstić information content (AvgIpc) is 3.55. The lowest BCUT2D eigenvalue weighted by Gasteiger charge is -2.18. The smallest absolute Gasteiger partial charge is 0.213 e. The first-order valence-electron chi connectivity index (χ1n) is 9.46. The van der Waals surface area contributed by atoms with Gasteiger partial charge in [-0.05, 0) is 36.0 Å². The van der Waals surface area contributed by atoms with Crippen LogP contribution in [0, 0.1) is 5.92 Å². The van der Waals surface area contributed by atoms with E-state index in [-0.39, 0.29) is 12.5 Å². The number of aliphatic hydroxyl groups excluding tert-OH is 1. The Morgan fingerprint density at radius 2 is 2.07 bits per heavy atom. The summed E-state index contributed by atoms with van der Waals surface area (Å²) in [7, 11) is 1.74. The highest BCUT2D eigenvalue weighted by molar-refractivity contribution is 5.79. The highest BCUT2D eigenvalue weighted by atomic mass is 16.5. The van der Waals surface area contributed by atoms with Crippen molar-refractivity contribution in [2.75, 3.05) is 26.8 Å². The minimum absolute atomic E-state index is 0.0214. The molecule has 1 unspecified atom stereocenters. The second-order valence-electron chi connectivity index (χ2n) is 6.85. The minimum atomic E-state index is 0.0214. The fourth-order valence-electron chi connectivity index (χ4n) is 2.77. The molecule has 144 valence electrons.